The van der Waals surface area contributed by atoms with Gasteiger partial charge in [-0.15, -0.1) is 0 Å². The summed E-state index contributed by atoms with van der Waals surface area (Å²) in [6.07, 6.45) is 6.16. The molecule has 0 amide bonds. The Morgan fingerprint density at radius 1 is 1.19 bits per heavy atom. The van der Waals surface area contributed by atoms with Crippen LogP contribution >= 0.6 is 0 Å². The molecular weight excluding hydrogens is 425 g/mol. The van der Waals surface area contributed by atoms with E-state index in [0.29, 0.717) is 12.5 Å². The van der Waals surface area contributed by atoms with Gasteiger partial charge in [0, 0.05) is 25.2 Å². The quantitative estimate of drug-likeness (QED) is 0.561. The van der Waals surface area contributed by atoms with E-state index in [-0.39, 0.29) is 22.4 Å². The van der Waals surface area contributed by atoms with Gasteiger partial charge in [0.2, 0.25) is 0 Å². The summed E-state index contributed by atoms with van der Waals surface area (Å²) in [5, 5.41) is 7.59. The number of likely N-dealkylation sites (N-methyl/N-ethyl adjacent to an activating group) is 1. The van der Waals surface area contributed by atoms with Gasteiger partial charge in [-0.2, -0.15) is 5.10 Å². The van der Waals surface area contributed by atoms with E-state index in [0.717, 1.165) is 36.9 Å². The van der Waals surface area contributed by atoms with Crippen LogP contribution in [0.25, 0.3) is 0 Å². The fourth-order valence-electron chi connectivity index (χ4n) is 4.71. The van der Waals surface area contributed by atoms with Gasteiger partial charge in [0.15, 0.2) is 9.84 Å². The van der Waals surface area contributed by atoms with E-state index in [4.69, 9.17) is 0 Å². The van der Waals surface area contributed by atoms with Crippen LogP contribution in [0.2, 0.25) is 0 Å². The third kappa shape index (κ3) is 5.10. The van der Waals surface area contributed by atoms with E-state index >= 15 is 0 Å². The smallest absolute Gasteiger partial charge is 0.181 e. The van der Waals surface area contributed by atoms with Crippen LogP contribution in [-0.4, -0.2) is 36.5 Å². The minimum absolute atomic E-state index is 0.0443. The first-order valence-corrected chi connectivity index (χ1v) is 12.8. The lowest BCUT2D eigenvalue weighted by atomic mass is 9.75. The number of aromatic nitrogens is 2. The lowest BCUT2D eigenvalue weighted by Gasteiger charge is -2.35. The maximum absolute atomic E-state index is 13.8. The second kappa shape index (κ2) is 9.55. The molecule has 32 heavy (non-hydrogen) atoms. The highest BCUT2D eigenvalue weighted by Crippen LogP contribution is 2.35. The molecule has 0 saturated heterocycles. The molecular formula is C25H30FN3O2S. The lowest BCUT2D eigenvalue weighted by molar-refractivity contribution is 0.391. The van der Waals surface area contributed by atoms with Crippen LogP contribution in [0.4, 0.5) is 4.39 Å². The van der Waals surface area contributed by atoms with Gasteiger partial charge in [-0.1, -0.05) is 37.3 Å². The molecule has 0 bridgehead atoms. The number of halogens is 1. The van der Waals surface area contributed by atoms with Gasteiger partial charge in [0.25, 0.3) is 0 Å². The number of benzene rings is 2. The van der Waals surface area contributed by atoms with Gasteiger partial charge in [0.1, 0.15) is 10.7 Å². The van der Waals surface area contributed by atoms with Crippen LogP contribution in [0.1, 0.15) is 41.5 Å². The molecule has 1 N–H and O–H groups in total. The second-order valence-electron chi connectivity index (χ2n) is 8.60. The Hall–Kier alpha value is -2.51. The molecule has 2 atom stereocenters. The van der Waals surface area contributed by atoms with Crippen molar-refractivity contribution in [2.75, 3.05) is 12.3 Å². The molecule has 2 unspecified atom stereocenters. The maximum Gasteiger partial charge on any atom is 0.181 e. The molecule has 0 aliphatic heterocycles. The van der Waals surface area contributed by atoms with Gasteiger partial charge in [-0.25, -0.2) is 12.8 Å². The highest BCUT2D eigenvalue weighted by Gasteiger charge is 2.29. The molecule has 170 valence electrons. The summed E-state index contributed by atoms with van der Waals surface area (Å²) in [4.78, 5) is 0.258. The van der Waals surface area contributed by atoms with E-state index in [2.05, 4.69) is 29.5 Å². The summed E-state index contributed by atoms with van der Waals surface area (Å²) in [5.41, 5.74) is 4.55. The number of rotatable bonds is 8. The molecule has 7 heteroatoms. The summed E-state index contributed by atoms with van der Waals surface area (Å²) in [6, 6.07) is 13.5. The first-order valence-electron chi connectivity index (χ1n) is 11.2. The van der Waals surface area contributed by atoms with E-state index in [9.17, 15) is 12.8 Å². The van der Waals surface area contributed by atoms with Crippen LogP contribution in [-0.2, 0) is 36.1 Å². The van der Waals surface area contributed by atoms with E-state index in [1.54, 1.807) is 19.2 Å². The molecule has 1 aliphatic rings. The van der Waals surface area contributed by atoms with E-state index < -0.39 is 9.84 Å². The average molecular weight is 456 g/mol. The molecule has 4 rings (SSSR count). The van der Waals surface area contributed by atoms with E-state index in [1.807, 2.05) is 12.1 Å². The first-order chi connectivity index (χ1) is 15.4. The van der Waals surface area contributed by atoms with Crippen molar-refractivity contribution in [3.63, 3.8) is 0 Å². The van der Waals surface area contributed by atoms with Crippen LogP contribution in [0.3, 0.4) is 0 Å². The van der Waals surface area contributed by atoms with E-state index in [1.165, 1.54) is 34.3 Å². The van der Waals surface area contributed by atoms with Gasteiger partial charge in [-0.3, -0.25) is 4.68 Å². The standard InChI is InChI=1S/C25H30FN3O2S/c1-3-27-25-10-9-20-8-7-18(11-12-32(30,31)22-16-28-29(2)17-22)14-23(20)24(25)15-19-5-4-6-21(26)13-19/h4-8,13-14,16-17,24-25,27H,3,9-12,15H2,1-2H3. The molecule has 0 radical (unpaired) electrons. The molecule has 0 saturated carbocycles. The Balaban J connectivity index is 1.58. The Bertz CT molecular complexity index is 1190. The van der Waals surface area contributed by atoms with Crippen molar-refractivity contribution in [3.05, 3.63) is 82.9 Å². The van der Waals surface area contributed by atoms with Gasteiger partial charge in [-0.05, 0) is 66.6 Å². The predicted molar refractivity (Wildman–Crippen MR) is 124 cm³/mol. The van der Waals surface area contributed by atoms with Crippen LogP contribution in [0.15, 0.2) is 59.8 Å². The number of fused-ring (bicyclic) bond motifs is 1. The number of nitrogens with zero attached hydrogens (tertiary/aromatic N) is 2. The Morgan fingerprint density at radius 3 is 2.75 bits per heavy atom. The van der Waals surface area contributed by atoms with Crippen molar-refractivity contribution < 1.29 is 12.8 Å². The highest BCUT2D eigenvalue weighted by molar-refractivity contribution is 7.91. The number of nitrogens with one attached hydrogen (secondary N) is 1. The molecule has 1 aliphatic carbocycles. The Morgan fingerprint density at radius 2 is 2.03 bits per heavy atom. The molecule has 0 fully saturated rings. The highest BCUT2D eigenvalue weighted by atomic mass is 32.2. The first kappa shape index (κ1) is 22.7. The molecule has 1 aromatic heterocycles. The third-order valence-corrected chi connectivity index (χ3v) is 8.00. The topological polar surface area (TPSA) is 64.0 Å². The monoisotopic (exact) mass is 455 g/mol. The minimum Gasteiger partial charge on any atom is -0.314 e. The number of hydrogen-bond donors (Lipinski definition) is 1. The van der Waals surface area contributed by atoms with Gasteiger partial charge in [0.05, 0.1) is 11.9 Å². The average Bonchev–Trinajstić information content (AvgIpc) is 3.21. The van der Waals surface area contributed by atoms with Crippen molar-refractivity contribution in [1.82, 2.24) is 15.1 Å². The summed E-state index contributed by atoms with van der Waals surface area (Å²) in [7, 11) is -1.67. The minimum atomic E-state index is -3.38. The fourth-order valence-corrected chi connectivity index (χ4v) is 5.97. The summed E-state index contributed by atoms with van der Waals surface area (Å²) in [5.74, 6) is 0.0474. The summed E-state index contributed by atoms with van der Waals surface area (Å²) in [6.45, 7) is 2.98. The Kier molecular flexibility index (Phi) is 6.76. The van der Waals surface area contributed by atoms with Gasteiger partial charge >= 0.3 is 0 Å². The van der Waals surface area contributed by atoms with Crippen molar-refractivity contribution in [1.29, 1.82) is 0 Å². The molecule has 3 aromatic rings. The zero-order chi connectivity index (χ0) is 22.7. The zero-order valence-electron chi connectivity index (χ0n) is 18.6. The van der Waals surface area contributed by atoms with Gasteiger partial charge < -0.3 is 5.32 Å². The second-order valence-corrected chi connectivity index (χ2v) is 10.7. The molecule has 5 nitrogen and oxygen atoms in total. The number of sulfone groups is 1. The van der Waals surface area contributed by atoms with Crippen molar-refractivity contribution in [3.8, 4) is 0 Å². The fraction of sp³-hybridized carbons (Fsp3) is 0.400. The van der Waals surface area contributed by atoms with Crippen molar-refractivity contribution in [2.45, 2.75) is 49.5 Å². The molecule has 0 spiro atoms. The summed E-state index contributed by atoms with van der Waals surface area (Å²) >= 11 is 0. The largest absolute Gasteiger partial charge is 0.314 e. The molecule has 2 aromatic carbocycles. The molecule has 1 heterocycles. The normalized spacial score (nSPS) is 18.5. The maximum atomic E-state index is 13.8. The van der Waals surface area contributed by atoms with Crippen molar-refractivity contribution in [2.24, 2.45) is 7.05 Å². The number of aryl methyl sites for hydroxylation is 3. The lowest BCUT2D eigenvalue weighted by Crippen LogP contribution is -2.39. The SMILES string of the molecule is CCNC1CCc2ccc(CCS(=O)(=O)c3cnn(C)c3)cc2C1Cc1cccc(F)c1. The van der Waals surface area contributed by atoms with Crippen molar-refractivity contribution >= 4 is 9.84 Å². The Labute approximate surface area is 189 Å². The van der Waals surface area contributed by atoms with Crippen LogP contribution < -0.4 is 5.32 Å². The zero-order valence-corrected chi connectivity index (χ0v) is 19.4. The predicted octanol–water partition coefficient (Wildman–Crippen LogP) is 3.83. The van der Waals surface area contributed by atoms with Crippen LogP contribution in [0.5, 0.6) is 0 Å². The third-order valence-electron chi connectivity index (χ3n) is 6.33. The van der Waals surface area contributed by atoms with Crippen LogP contribution in [0, 0.1) is 5.82 Å². The number of hydrogen-bond acceptors (Lipinski definition) is 4. The summed E-state index contributed by atoms with van der Waals surface area (Å²) < 4.78 is 40.7.